The molecule has 1 aromatic carbocycles. The van der Waals surface area contributed by atoms with Crippen molar-refractivity contribution in [3.05, 3.63) is 59.5 Å². The summed E-state index contributed by atoms with van der Waals surface area (Å²) < 4.78 is 25.8. The van der Waals surface area contributed by atoms with Gasteiger partial charge in [0.25, 0.3) is 5.91 Å². The molecule has 2 aromatic rings. The Hall–Kier alpha value is -2.63. The topological polar surface area (TPSA) is 83.3 Å². The van der Waals surface area contributed by atoms with Crippen molar-refractivity contribution in [1.29, 1.82) is 5.26 Å². The number of rotatable bonds is 5. The molecule has 2 fully saturated rings. The number of carbonyl (C=O) groups is 1. The molecule has 2 saturated heterocycles. The van der Waals surface area contributed by atoms with Crippen molar-refractivity contribution in [2.75, 3.05) is 23.7 Å². The monoisotopic (exact) mass is 426 g/mol. The van der Waals surface area contributed by atoms with Gasteiger partial charge in [-0.2, -0.15) is 5.26 Å². The molecule has 0 radical (unpaired) electrons. The standard InChI is InChI=1S/C22H23FN4O2S/c1-15(17-3-5-18(23)6-4-17)30(29)14-22(28)26-12-19-7-8-20(13-26)27(19)21-9-2-16(10-24)11-25-21/h2-6,9,11,15,19-20H,7-8,12-14H2,1H3. The highest BCUT2D eigenvalue weighted by atomic mass is 32.2. The maximum Gasteiger partial charge on any atom is 0.272 e. The number of piperazine rings is 1. The summed E-state index contributed by atoms with van der Waals surface area (Å²) in [5, 5.41) is 8.62. The highest BCUT2D eigenvalue weighted by molar-refractivity contribution is 7.92. The van der Waals surface area contributed by atoms with E-state index >= 15 is 0 Å². The molecular weight excluding hydrogens is 403 g/mol. The third kappa shape index (κ3) is 4.13. The van der Waals surface area contributed by atoms with Crippen molar-refractivity contribution in [2.45, 2.75) is 37.1 Å². The second-order valence-electron chi connectivity index (χ2n) is 7.83. The largest absolute Gasteiger partial charge is 0.615 e. The molecule has 3 heterocycles. The number of hydrogen-bond donors (Lipinski definition) is 0. The van der Waals surface area contributed by atoms with Crippen LogP contribution in [0, 0.1) is 17.1 Å². The van der Waals surface area contributed by atoms with E-state index in [9.17, 15) is 13.7 Å². The first-order chi connectivity index (χ1) is 14.5. The van der Waals surface area contributed by atoms with Crippen LogP contribution in [0.25, 0.3) is 0 Å². The number of halogens is 1. The molecule has 4 atom stereocenters. The van der Waals surface area contributed by atoms with Gasteiger partial charge in [0.15, 0.2) is 5.75 Å². The number of nitrogens with zero attached hydrogens (tertiary/aromatic N) is 4. The van der Waals surface area contributed by atoms with Crippen molar-refractivity contribution in [1.82, 2.24) is 9.88 Å². The van der Waals surface area contributed by atoms with Crippen molar-refractivity contribution in [3.63, 3.8) is 0 Å². The second-order valence-corrected chi connectivity index (χ2v) is 9.58. The minimum atomic E-state index is -1.37. The zero-order valence-corrected chi connectivity index (χ0v) is 17.5. The van der Waals surface area contributed by atoms with Crippen molar-refractivity contribution >= 4 is 22.9 Å². The molecule has 0 N–H and O–H groups in total. The lowest BCUT2D eigenvalue weighted by Crippen LogP contribution is -2.56. The van der Waals surface area contributed by atoms with Crippen molar-refractivity contribution < 1.29 is 13.7 Å². The molecule has 1 aromatic heterocycles. The summed E-state index contributed by atoms with van der Waals surface area (Å²) in [6.07, 6.45) is 3.53. The molecule has 0 spiro atoms. The number of anilines is 1. The van der Waals surface area contributed by atoms with Gasteiger partial charge in [0.05, 0.1) is 5.56 Å². The van der Waals surface area contributed by atoms with Gasteiger partial charge in [0, 0.05) is 36.9 Å². The van der Waals surface area contributed by atoms with E-state index in [0.29, 0.717) is 18.7 Å². The van der Waals surface area contributed by atoms with Crippen LogP contribution in [0.4, 0.5) is 10.2 Å². The Morgan fingerprint density at radius 1 is 1.27 bits per heavy atom. The summed E-state index contributed by atoms with van der Waals surface area (Å²) >= 11 is -1.37. The molecule has 0 aliphatic carbocycles. The maximum atomic E-state index is 13.1. The van der Waals surface area contributed by atoms with Crippen LogP contribution in [0.3, 0.4) is 0 Å². The molecule has 30 heavy (non-hydrogen) atoms. The van der Waals surface area contributed by atoms with E-state index in [1.807, 2.05) is 11.0 Å². The SMILES string of the molecule is CC(c1ccc(F)cc1)[S+]([O-])CC(=O)N1CC2CCC(C1)N2c1ccc(C#N)cn1. The van der Waals surface area contributed by atoms with Gasteiger partial charge in [-0.25, -0.2) is 9.37 Å². The van der Waals surface area contributed by atoms with Crippen LogP contribution < -0.4 is 4.90 Å². The van der Waals surface area contributed by atoms with Crippen LogP contribution in [-0.4, -0.2) is 51.3 Å². The summed E-state index contributed by atoms with van der Waals surface area (Å²) in [6, 6.07) is 12.0. The average Bonchev–Trinajstić information content (AvgIpc) is 3.02. The summed E-state index contributed by atoms with van der Waals surface area (Å²) in [6.45, 7) is 2.97. The van der Waals surface area contributed by atoms with Crippen LogP contribution in [-0.2, 0) is 16.0 Å². The van der Waals surface area contributed by atoms with E-state index in [4.69, 9.17) is 5.26 Å². The van der Waals surface area contributed by atoms with Gasteiger partial charge >= 0.3 is 0 Å². The fourth-order valence-corrected chi connectivity index (χ4v) is 5.45. The predicted octanol–water partition coefficient (Wildman–Crippen LogP) is 2.78. The quantitative estimate of drug-likeness (QED) is 0.687. The van der Waals surface area contributed by atoms with E-state index < -0.39 is 11.2 Å². The molecule has 2 aliphatic rings. The van der Waals surface area contributed by atoms with Gasteiger partial charge in [0.2, 0.25) is 0 Å². The van der Waals surface area contributed by atoms with Gasteiger partial charge in [-0.05, 0) is 55.2 Å². The fraction of sp³-hybridized carbons (Fsp3) is 0.409. The minimum Gasteiger partial charge on any atom is -0.615 e. The third-order valence-electron chi connectivity index (χ3n) is 5.98. The van der Waals surface area contributed by atoms with Crippen LogP contribution in [0.5, 0.6) is 0 Å². The summed E-state index contributed by atoms with van der Waals surface area (Å²) in [5.41, 5.74) is 1.29. The van der Waals surface area contributed by atoms with Gasteiger partial charge in [-0.1, -0.05) is 12.1 Å². The molecule has 4 unspecified atom stereocenters. The van der Waals surface area contributed by atoms with Crippen molar-refractivity contribution in [2.24, 2.45) is 0 Å². The number of pyridine rings is 1. The fourth-order valence-electron chi connectivity index (χ4n) is 4.31. The molecule has 2 aliphatic heterocycles. The van der Waals surface area contributed by atoms with Crippen LogP contribution in [0.2, 0.25) is 0 Å². The number of nitriles is 1. The number of hydrogen-bond acceptors (Lipinski definition) is 5. The lowest BCUT2D eigenvalue weighted by Gasteiger charge is -2.41. The normalized spacial score (nSPS) is 22.5. The predicted molar refractivity (Wildman–Crippen MR) is 113 cm³/mol. The zero-order chi connectivity index (χ0) is 21.3. The molecule has 8 heteroatoms. The first kappa shape index (κ1) is 20.6. The third-order valence-corrected chi connectivity index (χ3v) is 7.57. The second kappa shape index (κ2) is 8.62. The van der Waals surface area contributed by atoms with E-state index in [2.05, 4.69) is 16.0 Å². The summed E-state index contributed by atoms with van der Waals surface area (Å²) in [4.78, 5) is 21.3. The number of benzene rings is 1. The van der Waals surface area contributed by atoms with Crippen molar-refractivity contribution in [3.8, 4) is 6.07 Å². The van der Waals surface area contributed by atoms with E-state index in [1.54, 1.807) is 31.3 Å². The molecule has 1 amide bonds. The number of likely N-dealkylation sites (tertiary alicyclic amines) is 1. The summed E-state index contributed by atoms with van der Waals surface area (Å²) in [7, 11) is 0. The van der Waals surface area contributed by atoms with Crippen LogP contribution >= 0.6 is 0 Å². The Morgan fingerprint density at radius 2 is 1.93 bits per heavy atom. The molecule has 4 rings (SSSR count). The average molecular weight is 427 g/mol. The van der Waals surface area contributed by atoms with Gasteiger partial charge in [-0.15, -0.1) is 0 Å². The Bertz CT molecular complexity index is 933. The number of amides is 1. The molecular formula is C22H23FN4O2S. The Labute approximate surface area is 178 Å². The Kier molecular flexibility index (Phi) is 5.93. The first-order valence-electron chi connectivity index (χ1n) is 10.0. The minimum absolute atomic E-state index is 0.0346. The van der Waals surface area contributed by atoms with E-state index in [1.165, 1.54) is 12.1 Å². The Balaban J connectivity index is 1.38. The highest BCUT2D eigenvalue weighted by Gasteiger charge is 2.42. The molecule has 2 bridgehead atoms. The summed E-state index contributed by atoms with van der Waals surface area (Å²) in [5.74, 6) is 0.360. The maximum absolute atomic E-state index is 13.1. The molecule has 156 valence electrons. The van der Waals surface area contributed by atoms with E-state index in [0.717, 1.165) is 24.2 Å². The Morgan fingerprint density at radius 3 is 2.50 bits per heavy atom. The number of aromatic nitrogens is 1. The number of carbonyl (C=O) groups excluding carboxylic acids is 1. The zero-order valence-electron chi connectivity index (χ0n) is 16.7. The molecule has 0 saturated carbocycles. The highest BCUT2D eigenvalue weighted by Crippen LogP contribution is 2.34. The lowest BCUT2D eigenvalue weighted by atomic mass is 10.1. The molecule has 6 nitrogen and oxygen atoms in total. The van der Waals surface area contributed by atoms with Gasteiger partial charge in [0.1, 0.15) is 23.0 Å². The lowest BCUT2D eigenvalue weighted by molar-refractivity contribution is -0.129. The first-order valence-corrected chi connectivity index (χ1v) is 11.4. The van der Waals surface area contributed by atoms with E-state index in [-0.39, 0.29) is 34.8 Å². The van der Waals surface area contributed by atoms with Crippen LogP contribution in [0.1, 0.15) is 36.1 Å². The van der Waals surface area contributed by atoms with Gasteiger partial charge in [-0.3, -0.25) is 4.79 Å². The van der Waals surface area contributed by atoms with Gasteiger partial charge < -0.3 is 14.4 Å². The smallest absolute Gasteiger partial charge is 0.272 e. The number of fused-ring (bicyclic) bond motifs is 2. The van der Waals surface area contributed by atoms with Crippen LogP contribution in [0.15, 0.2) is 42.6 Å².